The normalized spacial score (nSPS) is 23.7. The number of nitrogens with zero attached hydrogens (tertiary/aromatic N) is 1. The summed E-state index contributed by atoms with van der Waals surface area (Å²) in [5.41, 5.74) is 0. The Morgan fingerprint density at radius 3 is 2.40 bits per heavy atom. The molecule has 0 aliphatic carbocycles. The number of carboxylic acids is 1. The number of aliphatic carboxylic acids is 1. The molecule has 0 spiro atoms. The van der Waals surface area contributed by atoms with Gasteiger partial charge in [0.1, 0.15) is 0 Å². The summed E-state index contributed by atoms with van der Waals surface area (Å²) < 4.78 is 22.3. The number of hydrogen-bond acceptors (Lipinski definition) is 4. The van der Waals surface area contributed by atoms with E-state index in [1.165, 1.54) is 0 Å². The molecule has 0 saturated carbocycles. The molecular weight excluding hydrogens is 222 g/mol. The quantitative estimate of drug-likeness (QED) is 0.627. The van der Waals surface area contributed by atoms with Crippen molar-refractivity contribution in [2.75, 3.05) is 18.1 Å². The minimum atomic E-state index is -3.10. The number of carbonyl (C=O) groups excluding carboxylic acids is 1. The maximum atomic E-state index is 11.2. The molecule has 0 aromatic heterocycles. The molecule has 7 heteroatoms. The lowest BCUT2D eigenvalue weighted by Crippen LogP contribution is -2.44. The minimum Gasteiger partial charge on any atom is -0.474 e. The van der Waals surface area contributed by atoms with Crippen LogP contribution in [0.25, 0.3) is 0 Å². The molecule has 1 fully saturated rings. The van der Waals surface area contributed by atoms with Crippen LogP contribution in [0.4, 0.5) is 0 Å². The van der Waals surface area contributed by atoms with Gasteiger partial charge in [0.05, 0.1) is 11.5 Å². The smallest absolute Gasteiger partial charge is 0.394 e. The monoisotopic (exact) mass is 235 g/mol. The molecule has 1 heterocycles. The third kappa shape index (κ3) is 2.68. The van der Waals surface area contributed by atoms with E-state index >= 15 is 0 Å². The second-order valence-electron chi connectivity index (χ2n) is 3.45. The Kier molecular flexibility index (Phi) is 3.33. The lowest BCUT2D eigenvalue weighted by atomic mass is 10.2. The maximum Gasteiger partial charge on any atom is 0.394 e. The minimum absolute atomic E-state index is 0.0288. The Balaban J connectivity index is 2.78. The topological polar surface area (TPSA) is 91.8 Å². The Hall–Kier alpha value is -1.11. The van der Waals surface area contributed by atoms with Gasteiger partial charge in [0.25, 0.3) is 0 Å². The molecule has 0 aromatic carbocycles. The molecule has 1 aliphatic heterocycles. The van der Waals surface area contributed by atoms with E-state index in [4.69, 9.17) is 5.11 Å². The van der Waals surface area contributed by atoms with Crippen LogP contribution >= 0.6 is 0 Å². The van der Waals surface area contributed by atoms with Gasteiger partial charge in [-0.15, -0.1) is 0 Å². The van der Waals surface area contributed by atoms with E-state index < -0.39 is 27.8 Å². The molecule has 1 unspecified atom stereocenters. The summed E-state index contributed by atoms with van der Waals surface area (Å²) in [6.07, 6.45) is 0.329. The summed E-state index contributed by atoms with van der Waals surface area (Å²) in [7, 11) is -3.10. The molecule has 86 valence electrons. The highest BCUT2D eigenvalue weighted by molar-refractivity contribution is 7.91. The van der Waals surface area contributed by atoms with Crippen molar-refractivity contribution in [3.05, 3.63) is 0 Å². The predicted octanol–water partition coefficient (Wildman–Crippen LogP) is -0.893. The standard InChI is InChI=1S/C8H13NO5S/c1-2-9(7(10)8(11)12)6-3-4-15(13,14)5-6/h6H,2-5H2,1H3,(H,11,12). The number of hydrogen-bond donors (Lipinski definition) is 1. The van der Waals surface area contributed by atoms with Crippen LogP contribution in [0, 0.1) is 0 Å². The summed E-state index contributed by atoms with van der Waals surface area (Å²) in [4.78, 5) is 22.8. The first-order chi connectivity index (χ1) is 6.87. The summed E-state index contributed by atoms with van der Waals surface area (Å²) in [6.45, 7) is 1.84. The third-order valence-electron chi connectivity index (χ3n) is 2.43. The fourth-order valence-corrected chi connectivity index (χ4v) is 3.44. The van der Waals surface area contributed by atoms with Crippen molar-refractivity contribution in [2.45, 2.75) is 19.4 Å². The third-order valence-corrected chi connectivity index (χ3v) is 4.18. The predicted molar refractivity (Wildman–Crippen MR) is 52.1 cm³/mol. The van der Waals surface area contributed by atoms with Crippen molar-refractivity contribution in [3.63, 3.8) is 0 Å². The molecule has 1 rings (SSSR count). The van der Waals surface area contributed by atoms with Gasteiger partial charge in [-0.05, 0) is 13.3 Å². The van der Waals surface area contributed by atoms with Gasteiger partial charge in [0.15, 0.2) is 9.84 Å². The van der Waals surface area contributed by atoms with E-state index in [0.29, 0.717) is 6.42 Å². The number of carboxylic acid groups (broad SMARTS) is 1. The van der Waals surface area contributed by atoms with Gasteiger partial charge < -0.3 is 10.0 Å². The van der Waals surface area contributed by atoms with Gasteiger partial charge in [-0.2, -0.15) is 0 Å². The first kappa shape index (κ1) is 12.0. The van der Waals surface area contributed by atoms with Gasteiger partial charge in [-0.3, -0.25) is 4.79 Å². The van der Waals surface area contributed by atoms with Crippen molar-refractivity contribution in [1.82, 2.24) is 4.90 Å². The molecule has 1 saturated heterocycles. The molecule has 1 amide bonds. The van der Waals surface area contributed by atoms with E-state index in [2.05, 4.69) is 0 Å². The van der Waals surface area contributed by atoms with Gasteiger partial charge >= 0.3 is 11.9 Å². The van der Waals surface area contributed by atoms with Gasteiger partial charge in [0, 0.05) is 12.6 Å². The Bertz CT molecular complexity index is 374. The van der Waals surface area contributed by atoms with E-state index in [1.807, 2.05) is 0 Å². The fraction of sp³-hybridized carbons (Fsp3) is 0.750. The molecule has 1 atom stereocenters. The molecule has 1 aliphatic rings. The zero-order chi connectivity index (χ0) is 11.6. The van der Waals surface area contributed by atoms with Crippen LogP contribution in [0.3, 0.4) is 0 Å². The van der Waals surface area contributed by atoms with Gasteiger partial charge in [-0.25, -0.2) is 13.2 Å². The molecule has 0 bridgehead atoms. The molecule has 0 aromatic rings. The summed E-state index contributed by atoms with van der Waals surface area (Å²) in [5, 5.41) is 8.53. The second-order valence-corrected chi connectivity index (χ2v) is 5.68. The highest BCUT2D eigenvalue weighted by Gasteiger charge is 2.35. The summed E-state index contributed by atoms with van der Waals surface area (Å²) >= 11 is 0. The number of likely N-dealkylation sites (N-methyl/N-ethyl adjacent to an activating group) is 1. The molecule has 6 nitrogen and oxygen atoms in total. The second kappa shape index (κ2) is 4.18. The Morgan fingerprint density at radius 1 is 1.47 bits per heavy atom. The van der Waals surface area contributed by atoms with E-state index in [0.717, 1.165) is 4.90 Å². The first-order valence-corrected chi connectivity index (χ1v) is 6.44. The van der Waals surface area contributed by atoms with Crippen molar-refractivity contribution in [2.24, 2.45) is 0 Å². The zero-order valence-electron chi connectivity index (χ0n) is 8.34. The molecule has 0 radical (unpaired) electrons. The molecule has 15 heavy (non-hydrogen) atoms. The van der Waals surface area contributed by atoms with Crippen LogP contribution in [-0.4, -0.2) is 54.4 Å². The summed E-state index contributed by atoms with van der Waals surface area (Å²) in [6, 6.07) is -0.483. The maximum absolute atomic E-state index is 11.2. The van der Waals surface area contributed by atoms with Crippen molar-refractivity contribution in [1.29, 1.82) is 0 Å². The zero-order valence-corrected chi connectivity index (χ0v) is 9.16. The highest BCUT2D eigenvalue weighted by atomic mass is 32.2. The van der Waals surface area contributed by atoms with Crippen LogP contribution in [-0.2, 0) is 19.4 Å². The van der Waals surface area contributed by atoms with Crippen LogP contribution in [0.5, 0.6) is 0 Å². The average molecular weight is 235 g/mol. The van der Waals surface area contributed by atoms with E-state index in [9.17, 15) is 18.0 Å². The number of amides is 1. The summed E-state index contributed by atoms with van der Waals surface area (Å²) in [5.74, 6) is -2.67. The lowest BCUT2D eigenvalue weighted by Gasteiger charge is -2.24. The highest BCUT2D eigenvalue weighted by Crippen LogP contribution is 2.17. The molecular formula is C8H13NO5S. The largest absolute Gasteiger partial charge is 0.474 e. The van der Waals surface area contributed by atoms with E-state index in [1.54, 1.807) is 6.92 Å². The van der Waals surface area contributed by atoms with Crippen molar-refractivity contribution >= 4 is 21.7 Å². The van der Waals surface area contributed by atoms with Crippen LogP contribution in [0.1, 0.15) is 13.3 Å². The van der Waals surface area contributed by atoms with E-state index in [-0.39, 0.29) is 18.1 Å². The fourth-order valence-electron chi connectivity index (χ4n) is 1.71. The number of sulfone groups is 1. The number of carbonyl (C=O) groups is 2. The van der Waals surface area contributed by atoms with Crippen molar-refractivity contribution in [3.8, 4) is 0 Å². The Labute approximate surface area is 87.8 Å². The average Bonchev–Trinajstić information content (AvgIpc) is 2.47. The molecule has 1 N–H and O–H groups in total. The van der Waals surface area contributed by atoms with Crippen LogP contribution in [0.15, 0.2) is 0 Å². The lowest BCUT2D eigenvalue weighted by molar-refractivity contribution is -0.156. The SMILES string of the molecule is CCN(C(=O)C(=O)O)C1CCS(=O)(=O)C1. The first-order valence-electron chi connectivity index (χ1n) is 4.61. The number of rotatable bonds is 2. The van der Waals surface area contributed by atoms with Gasteiger partial charge in [0.2, 0.25) is 0 Å². The van der Waals surface area contributed by atoms with Gasteiger partial charge in [-0.1, -0.05) is 0 Å². The van der Waals surface area contributed by atoms with Crippen molar-refractivity contribution < 1.29 is 23.1 Å². The Morgan fingerprint density at radius 2 is 2.07 bits per heavy atom. The van der Waals surface area contributed by atoms with Crippen LogP contribution in [0.2, 0.25) is 0 Å². The van der Waals surface area contributed by atoms with Crippen LogP contribution < -0.4 is 0 Å².